The summed E-state index contributed by atoms with van der Waals surface area (Å²) < 4.78 is 13.8. The zero-order valence-corrected chi connectivity index (χ0v) is 12.1. The van der Waals surface area contributed by atoms with Crippen molar-refractivity contribution >= 4 is 39.2 Å². The van der Waals surface area contributed by atoms with Gasteiger partial charge in [0.1, 0.15) is 5.82 Å². The summed E-state index contributed by atoms with van der Waals surface area (Å²) in [5, 5.41) is 11.4. The van der Waals surface area contributed by atoms with Crippen molar-refractivity contribution in [2.75, 3.05) is 11.1 Å². The van der Waals surface area contributed by atoms with Gasteiger partial charge in [0.05, 0.1) is 16.8 Å². The first-order chi connectivity index (χ1) is 9.88. The maximum Gasteiger partial charge on any atom is 0.337 e. The number of nitrogen functional groups attached to an aromatic ring is 1. The summed E-state index contributed by atoms with van der Waals surface area (Å²) in [6.07, 6.45) is 0. The Balaban J connectivity index is 2.34. The van der Waals surface area contributed by atoms with Gasteiger partial charge < -0.3 is 16.2 Å². The molecule has 0 radical (unpaired) electrons. The van der Waals surface area contributed by atoms with Crippen LogP contribution in [0.3, 0.4) is 0 Å². The smallest absolute Gasteiger partial charge is 0.337 e. The van der Waals surface area contributed by atoms with Gasteiger partial charge in [-0.3, -0.25) is 4.79 Å². The molecule has 0 spiro atoms. The van der Waals surface area contributed by atoms with Gasteiger partial charge in [-0.2, -0.15) is 0 Å². The third-order valence-electron chi connectivity index (χ3n) is 2.72. The lowest BCUT2D eigenvalue weighted by atomic mass is 10.1. The van der Waals surface area contributed by atoms with Crippen molar-refractivity contribution in [2.24, 2.45) is 0 Å². The van der Waals surface area contributed by atoms with E-state index < -0.39 is 17.7 Å². The molecule has 0 atom stereocenters. The molecule has 1 amide bonds. The zero-order chi connectivity index (χ0) is 15.6. The molecule has 0 unspecified atom stereocenters. The van der Waals surface area contributed by atoms with Crippen LogP contribution in [0.25, 0.3) is 0 Å². The second kappa shape index (κ2) is 5.92. The van der Waals surface area contributed by atoms with Crippen molar-refractivity contribution in [1.82, 2.24) is 0 Å². The summed E-state index contributed by atoms with van der Waals surface area (Å²) in [5.41, 5.74) is 5.82. The first kappa shape index (κ1) is 15.0. The Labute approximate surface area is 127 Å². The highest BCUT2D eigenvalue weighted by Gasteiger charge is 2.16. The van der Waals surface area contributed by atoms with Crippen molar-refractivity contribution in [1.29, 1.82) is 0 Å². The predicted octanol–water partition coefficient (Wildman–Crippen LogP) is 3.12. The molecular formula is C14H10BrFN2O3. The fourth-order valence-electron chi connectivity index (χ4n) is 1.73. The SMILES string of the molecule is Nc1cc(Br)ccc1C(=O)Nc1ccc(F)cc1C(=O)O. The van der Waals surface area contributed by atoms with E-state index in [1.54, 1.807) is 12.1 Å². The van der Waals surface area contributed by atoms with Gasteiger partial charge in [-0.1, -0.05) is 15.9 Å². The highest BCUT2D eigenvalue weighted by atomic mass is 79.9. The molecule has 7 heteroatoms. The summed E-state index contributed by atoms with van der Waals surface area (Å²) >= 11 is 3.22. The molecule has 0 saturated heterocycles. The van der Waals surface area contributed by atoms with Gasteiger partial charge >= 0.3 is 5.97 Å². The molecule has 0 aromatic heterocycles. The van der Waals surface area contributed by atoms with E-state index in [9.17, 15) is 14.0 Å². The summed E-state index contributed by atoms with van der Waals surface area (Å²) in [7, 11) is 0. The summed E-state index contributed by atoms with van der Waals surface area (Å²) in [5.74, 6) is -2.61. The standard InChI is InChI=1S/C14H10BrFN2O3/c15-7-1-3-9(11(17)5-7)13(19)18-12-4-2-8(16)6-10(12)14(20)21/h1-6H,17H2,(H,18,19)(H,20,21). The molecule has 0 heterocycles. The number of benzene rings is 2. The molecule has 21 heavy (non-hydrogen) atoms. The molecule has 108 valence electrons. The van der Waals surface area contributed by atoms with Gasteiger partial charge in [0.15, 0.2) is 0 Å². The number of halogens is 2. The number of carboxylic acid groups (broad SMARTS) is 1. The highest BCUT2D eigenvalue weighted by molar-refractivity contribution is 9.10. The number of rotatable bonds is 3. The fraction of sp³-hybridized carbons (Fsp3) is 0. The molecule has 2 aromatic carbocycles. The van der Waals surface area contributed by atoms with E-state index in [2.05, 4.69) is 21.2 Å². The van der Waals surface area contributed by atoms with E-state index in [0.29, 0.717) is 4.47 Å². The molecule has 5 nitrogen and oxygen atoms in total. The van der Waals surface area contributed by atoms with Crippen LogP contribution in [0.5, 0.6) is 0 Å². The molecule has 0 aliphatic heterocycles. The van der Waals surface area contributed by atoms with Crippen LogP contribution in [-0.4, -0.2) is 17.0 Å². The quantitative estimate of drug-likeness (QED) is 0.740. The van der Waals surface area contributed by atoms with Crippen LogP contribution < -0.4 is 11.1 Å². The third-order valence-corrected chi connectivity index (χ3v) is 3.21. The van der Waals surface area contributed by atoms with Gasteiger partial charge in [-0.15, -0.1) is 0 Å². The van der Waals surface area contributed by atoms with E-state index in [0.717, 1.165) is 12.1 Å². The lowest BCUT2D eigenvalue weighted by Crippen LogP contribution is -2.16. The van der Waals surface area contributed by atoms with Crippen LogP contribution in [0.4, 0.5) is 15.8 Å². The van der Waals surface area contributed by atoms with Crippen molar-refractivity contribution in [3.05, 3.63) is 57.8 Å². The van der Waals surface area contributed by atoms with Crippen molar-refractivity contribution in [2.45, 2.75) is 0 Å². The van der Waals surface area contributed by atoms with E-state index in [-0.39, 0.29) is 22.5 Å². The fourth-order valence-corrected chi connectivity index (χ4v) is 2.11. The van der Waals surface area contributed by atoms with Crippen LogP contribution in [0.15, 0.2) is 40.9 Å². The number of hydrogen-bond donors (Lipinski definition) is 3. The van der Waals surface area contributed by atoms with Crippen LogP contribution in [0.1, 0.15) is 20.7 Å². The molecule has 0 fully saturated rings. The average Bonchev–Trinajstić information content (AvgIpc) is 2.40. The van der Waals surface area contributed by atoms with Crippen molar-refractivity contribution in [3.8, 4) is 0 Å². The van der Waals surface area contributed by atoms with E-state index in [1.165, 1.54) is 12.1 Å². The number of anilines is 2. The Hall–Kier alpha value is -2.41. The predicted molar refractivity (Wildman–Crippen MR) is 79.9 cm³/mol. The first-order valence-corrected chi connectivity index (χ1v) is 6.57. The van der Waals surface area contributed by atoms with Crippen LogP contribution in [0.2, 0.25) is 0 Å². The minimum atomic E-state index is -1.34. The Bertz CT molecular complexity index is 734. The summed E-state index contributed by atoms with van der Waals surface area (Å²) in [6, 6.07) is 7.77. The average molecular weight is 353 g/mol. The van der Waals surface area contributed by atoms with E-state index in [4.69, 9.17) is 10.8 Å². The van der Waals surface area contributed by atoms with Gasteiger partial charge in [0, 0.05) is 10.2 Å². The van der Waals surface area contributed by atoms with Gasteiger partial charge in [-0.25, -0.2) is 9.18 Å². The van der Waals surface area contributed by atoms with E-state index >= 15 is 0 Å². The van der Waals surface area contributed by atoms with Gasteiger partial charge in [-0.05, 0) is 36.4 Å². The molecule has 4 N–H and O–H groups in total. The Morgan fingerprint density at radius 1 is 1.14 bits per heavy atom. The number of amides is 1. The molecule has 0 bridgehead atoms. The Morgan fingerprint density at radius 3 is 2.48 bits per heavy atom. The number of carboxylic acids is 1. The molecule has 0 saturated carbocycles. The van der Waals surface area contributed by atoms with Crippen LogP contribution in [-0.2, 0) is 0 Å². The van der Waals surface area contributed by atoms with Crippen LogP contribution in [0, 0.1) is 5.82 Å². The molecule has 2 rings (SSSR count). The lowest BCUT2D eigenvalue weighted by Gasteiger charge is -2.10. The summed E-state index contributed by atoms with van der Waals surface area (Å²) in [6.45, 7) is 0. The number of carbonyl (C=O) groups excluding carboxylic acids is 1. The second-order valence-electron chi connectivity index (χ2n) is 4.18. The Morgan fingerprint density at radius 2 is 1.86 bits per heavy atom. The number of hydrogen-bond acceptors (Lipinski definition) is 3. The van der Waals surface area contributed by atoms with Crippen molar-refractivity contribution < 1.29 is 19.1 Å². The number of nitrogens with one attached hydrogen (secondary N) is 1. The normalized spacial score (nSPS) is 10.2. The number of nitrogens with two attached hydrogens (primary N) is 1. The largest absolute Gasteiger partial charge is 0.478 e. The number of aromatic carboxylic acids is 1. The minimum absolute atomic E-state index is 0.00350. The third kappa shape index (κ3) is 3.38. The monoisotopic (exact) mass is 352 g/mol. The maximum absolute atomic E-state index is 13.1. The van der Waals surface area contributed by atoms with Gasteiger partial charge in [0.2, 0.25) is 0 Å². The molecular weight excluding hydrogens is 343 g/mol. The second-order valence-corrected chi connectivity index (χ2v) is 5.10. The van der Waals surface area contributed by atoms with Crippen LogP contribution >= 0.6 is 15.9 Å². The van der Waals surface area contributed by atoms with E-state index in [1.807, 2.05) is 0 Å². The number of carbonyl (C=O) groups is 2. The lowest BCUT2D eigenvalue weighted by molar-refractivity contribution is 0.0697. The first-order valence-electron chi connectivity index (χ1n) is 5.77. The molecule has 2 aromatic rings. The molecule has 0 aliphatic carbocycles. The maximum atomic E-state index is 13.1. The zero-order valence-electron chi connectivity index (χ0n) is 10.6. The van der Waals surface area contributed by atoms with Crippen molar-refractivity contribution in [3.63, 3.8) is 0 Å². The summed E-state index contributed by atoms with van der Waals surface area (Å²) in [4.78, 5) is 23.2. The highest BCUT2D eigenvalue weighted by Crippen LogP contribution is 2.22. The van der Waals surface area contributed by atoms with Gasteiger partial charge in [0.25, 0.3) is 5.91 Å². The minimum Gasteiger partial charge on any atom is -0.478 e. The topological polar surface area (TPSA) is 92.4 Å². The molecule has 0 aliphatic rings. The Kier molecular flexibility index (Phi) is 4.23.